The number of piperidine rings is 1. The average Bonchev–Trinajstić information content (AvgIpc) is 3.16. The van der Waals surface area contributed by atoms with Crippen LogP contribution in [0.2, 0.25) is 0 Å². The largest absolute Gasteiger partial charge is 0.347 e. The molecule has 1 aromatic rings. The maximum atomic E-state index is 12.4. The maximum Gasteiger partial charge on any atom is 0.272 e. The molecule has 0 aromatic carbocycles. The third-order valence-corrected chi connectivity index (χ3v) is 4.23. The summed E-state index contributed by atoms with van der Waals surface area (Å²) in [4.78, 5) is 12.4. The van der Waals surface area contributed by atoms with Gasteiger partial charge in [0.15, 0.2) is 0 Å². The zero-order valence-electron chi connectivity index (χ0n) is 13.3. The predicted molar refractivity (Wildman–Crippen MR) is 82.6 cm³/mol. The van der Waals surface area contributed by atoms with Crippen LogP contribution in [0.15, 0.2) is 6.07 Å². The van der Waals surface area contributed by atoms with Crippen molar-refractivity contribution >= 4 is 5.91 Å². The standard InChI is InChI=1S/C16H26N4O/c1-16(2,3)20-14(11-6-7-11)9-13(19-20)15(21)18-12-5-4-8-17-10-12/h9,11-12,17H,4-8,10H2,1-3H3,(H,18,21)/t12-/m0/s1. The summed E-state index contributed by atoms with van der Waals surface area (Å²) in [7, 11) is 0. The number of nitrogens with one attached hydrogen (secondary N) is 2. The van der Waals surface area contributed by atoms with Crippen molar-refractivity contribution in [2.24, 2.45) is 0 Å². The Kier molecular flexibility index (Phi) is 3.78. The van der Waals surface area contributed by atoms with E-state index in [9.17, 15) is 4.79 Å². The SMILES string of the molecule is CC(C)(C)n1nc(C(=O)N[C@H]2CCCNC2)cc1C1CC1. The predicted octanol–water partition coefficient (Wildman–Crippen LogP) is 2.00. The van der Waals surface area contributed by atoms with Gasteiger partial charge in [-0.25, -0.2) is 0 Å². The maximum absolute atomic E-state index is 12.4. The lowest BCUT2D eigenvalue weighted by atomic mass is 10.1. The molecule has 1 aliphatic carbocycles. The van der Waals surface area contributed by atoms with Crippen LogP contribution < -0.4 is 10.6 Å². The molecule has 2 N–H and O–H groups in total. The molecule has 21 heavy (non-hydrogen) atoms. The van der Waals surface area contributed by atoms with E-state index in [1.165, 1.54) is 18.5 Å². The van der Waals surface area contributed by atoms with Gasteiger partial charge in [-0.3, -0.25) is 9.48 Å². The zero-order chi connectivity index (χ0) is 15.0. The minimum atomic E-state index is -0.0805. The second-order valence-corrected chi connectivity index (χ2v) is 7.33. The Morgan fingerprint density at radius 2 is 2.14 bits per heavy atom. The van der Waals surface area contributed by atoms with Gasteiger partial charge in [0.25, 0.3) is 5.91 Å². The number of rotatable bonds is 3. The minimum Gasteiger partial charge on any atom is -0.347 e. The van der Waals surface area contributed by atoms with E-state index in [-0.39, 0.29) is 17.5 Å². The molecule has 3 rings (SSSR count). The highest BCUT2D eigenvalue weighted by Crippen LogP contribution is 2.41. The fraction of sp³-hybridized carbons (Fsp3) is 0.750. The van der Waals surface area contributed by atoms with Crippen molar-refractivity contribution in [2.45, 2.75) is 64.0 Å². The molecule has 0 spiro atoms. The number of carbonyl (C=O) groups excluding carboxylic acids is 1. The Bertz CT molecular complexity index is 519. The summed E-state index contributed by atoms with van der Waals surface area (Å²) in [5, 5.41) is 11.0. The van der Waals surface area contributed by atoms with Gasteiger partial charge in [0.2, 0.25) is 0 Å². The van der Waals surface area contributed by atoms with Crippen molar-refractivity contribution in [2.75, 3.05) is 13.1 Å². The Labute approximate surface area is 126 Å². The fourth-order valence-corrected chi connectivity index (χ4v) is 2.95. The summed E-state index contributed by atoms with van der Waals surface area (Å²) in [5.74, 6) is 0.559. The van der Waals surface area contributed by atoms with Crippen LogP contribution in [-0.4, -0.2) is 34.8 Å². The van der Waals surface area contributed by atoms with Crippen LogP contribution in [-0.2, 0) is 5.54 Å². The highest BCUT2D eigenvalue weighted by atomic mass is 16.2. The summed E-state index contributed by atoms with van der Waals surface area (Å²) in [6, 6.07) is 2.23. The highest BCUT2D eigenvalue weighted by molar-refractivity contribution is 5.92. The van der Waals surface area contributed by atoms with Gasteiger partial charge in [-0.1, -0.05) is 0 Å². The lowest BCUT2D eigenvalue weighted by molar-refractivity contribution is 0.0924. The smallest absolute Gasteiger partial charge is 0.272 e. The van der Waals surface area contributed by atoms with E-state index < -0.39 is 0 Å². The van der Waals surface area contributed by atoms with Crippen LogP contribution in [0.3, 0.4) is 0 Å². The van der Waals surface area contributed by atoms with Gasteiger partial charge in [0.05, 0.1) is 5.54 Å². The van der Waals surface area contributed by atoms with E-state index in [2.05, 4.69) is 36.5 Å². The average molecular weight is 290 g/mol. The van der Waals surface area contributed by atoms with Crippen molar-refractivity contribution in [3.8, 4) is 0 Å². The first-order valence-corrected chi connectivity index (χ1v) is 8.07. The normalized spacial score (nSPS) is 23.1. The van der Waals surface area contributed by atoms with E-state index in [4.69, 9.17) is 0 Å². The quantitative estimate of drug-likeness (QED) is 0.895. The van der Waals surface area contributed by atoms with Gasteiger partial charge >= 0.3 is 0 Å². The lowest BCUT2D eigenvalue weighted by Crippen LogP contribution is -2.45. The molecule has 1 aromatic heterocycles. The highest BCUT2D eigenvalue weighted by Gasteiger charge is 2.32. The van der Waals surface area contributed by atoms with Crippen LogP contribution in [0.5, 0.6) is 0 Å². The molecule has 2 fully saturated rings. The minimum absolute atomic E-state index is 0.0337. The molecule has 5 nitrogen and oxygen atoms in total. The summed E-state index contributed by atoms with van der Waals surface area (Å²) in [6.07, 6.45) is 4.60. The summed E-state index contributed by atoms with van der Waals surface area (Å²) >= 11 is 0. The number of nitrogens with zero attached hydrogens (tertiary/aromatic N) is 2. The van der Waals surface area contributed by atoms with E-state index in [0.717, 1.165) is 25.9 Å². The molecule has 1 saturated heterocycles. The number of carbonyl (C=O) groups is 1. The number of aromatic nitrogens is 2. The third-order valence-electron chi connectivity index (χ3n) is 4.23. The molecule has 5 heteroatoms. The molecule has 116 valence electrons. The summed E-state index contributed by atoms with van der Waals surface area (Å²) in [6.45, 7) is 8.33. The number of hydrogen-bond acceptors (Lipinski definition) is 3. The number of hydrogen-bond donors (Lipinski definition) is 2. The fourth-order valence-electron chi connectivity index (χ4n) is 2.95. The second-order valence-electron chi connectivity index (χ2n) is 7.33. The molecule has 2 aliphatic rings. The first-order chi connectivity index (χ1) is 9.95. The molecule has 1 saturated carbocycles. The molecule has 0 bridgehead atoms. The van der Waals surface area contributed by atoms with Crippen LogP contribution in [0, 0.1) is 0 Å². The molecule has 0 radical (unpaired) electrons. The first-order valence-electron chi connectivity index (χ1n) is 8.07. The van der Waals surface area contributed by atoms with Gasteiger partial charge in [0.1, 0.15) is 5.69 Å². The topological polar surface area (TPSA) is 59.0 Å². The van der Waals surface area contributed by atoms with Crippen LogP contribution in [0.25, 0.3) is 0 Å². The zero-order valence-corrected chi connectivity index (χ0v) is 13.3. The van der Waals surface area contributed by atoms with Gasteiger partial charge in [-0.15, -0.1) is 0 Å². The summed E-state index contributed by atoms with van der Waals surface area (Å²) in [5.41, 5.74) is 1.70. The molecule has 2 heterocycles. The van der Waals surface area contributed by atoms with Crippen LogP contribution >= 0.6 is 0 Å². The number of amides is 1. The van der Waals surface area contributed by atoms with Gasteiger partial charge in [-0.05, 0) is 59.1 Å². The molecule has 1 atom stereocenters. The Morgan fingerprint density at radius 3 is 2.71 bits per heavy atom. The Balaban J connectivity index is 1.76. The van der Waals surface area contributed by atoms with Crippen molar-refractivity contribution in [1.82, 2.24) is 20.4 Å². The molecular formula is C16H26N4O. The Morgan fingerprint density at radius 1 is 1.38 bits per heavy atom. The summed E-state index contributed by atoms with van der Waals surface area (Å²) < 4.78 is 2.04. The van der Waals surface area contributed by atoms with E-state index in [1.807, 2.05) is 10.7 Å². The molecule has 0 unspecified atom stereocenters. The molecule has 1 aliphatic heterocycles. The van der Waals surface area contributed by atoms with Crippen molar-refractivity contribution in [3.05, 3.63) is 17.5 Å². The Hall–Kier alpha value is -1.36. The monoisotopic (exact) mass is 290 g/mol. The van der Waals surface area contributed by atoms with Crippen LogP contribution in [0.1, 0.15) is 68.6 Å². The van der Waals surface area contributed by atoms with Crippen molar-refractivity contribution < 1.29 is 4.79 Å². The van der Waals surface area contributed by atoms with Crippen molar-refractivity contribution in [1.29, 1.82) is 0 Å². The van der Waals surface area contributed by atoms with E-state index in [1.54, 1.807) is 0 Å². The van der Waals surface area contributed by atoms with Crippen LogP contribution in [0.4, 0.5) is 0 Å². The molecule has 1 amide bonds. The lowest BCUT2D eigenvalue weighted by Gasteiger charge is -2.23. The first kappa shape index (κ1) is 14.6. The van der Waals surface area contributed by atoms with Crippen molar-refractivity contribution in [3.63, 3.8) is 0 Å². The second kappa shape index (κ2) is 5.44. The molecular weight excluding hydrogens is 264 g/mol. The van der Waals surface area contributed by atoms with E-state index in [0.29, 0.717) is 11.6 Å². The van der Waals surface area contributed by atoms with E-state index >= 15 is 0 Å². The van der Waals surface area contributed by atoms with Gasteiger partial charge in [0, 0.05) is 24.2 Å². The van der Waals surface area contributed by atoms with Gasteiger partial charge < -0.3 is 10.6 Å². The third kappa shape index (κ3) is 3.28. The van der Waals surface area contributed by atoms with Gasteiger partial charge in [-0.2, -0.15) is 5.10 Å².